The molecule has 0 amide bonds. The number of Topliss-reactive ketones (excluding diaryl/α,β-unsaturated/α-hetero) is 1. The molecule has 3 nitrogen and oxygen atoms in total. The van der Waals surface area contributed by atoms with Crippen molar-refractivity contribution in [3.63, 3.8) is 0 Å². The second kappa shape index (κ2) is 2.09. The molecule has 1 N–H and O–H groups in total. The molecule has 0 spiro atoms. The third-order valence-corrected chi connectivity index (χ3v) is 1.98. The number of hydrogen-bond donors (Lipinski definition) is 1. The first kappa shape index (κ1) is 5.92. The second-order valence-corrected chi connectivity index (χ2v) is 2.65. The van der Waals surface area contributed by atoms with Gasteiger partial charge in [-0.05, 0) is 6.20 Å². The number of ketones is 1. The summed E-state index contributed by atoms with van der Waals surface area (Å²) in [5.41, 5.74) is 0. The van der Waals surface area contributed by atoms with Crippen LogP contribution >= 0.6 is 0 Å². The van der Waals surface area contributed by atoms with Crippen LogP contribution in [0.15, 0.2) is 12.3 Å². The highest BCUT2D eigenvalue weighted by Crippen LogP contribution is 2.13. The molecule has 1 saturated heterocycles. The molecule has 0 radical (unpaired) electrons. The van der Waals surface area contributed by atoms with Crippen LogP contribution in [0, 0.1) is 0 Å². The first-order chi connectivity index (χ1) is 4.88. The molecule has 0 bridgehead atoms. The van der Waals surface area contributed by atoms with Gasteiger partial charge in [0.2, 0.25) is 0 Å². The molecule has 0 saturated carbocycles. The molecular weight excluding hydrogens is 128 g/mol. The number of carbonyl (C=O) groups is 1. The minimum Gasteiger partial charge on any atom is -0.356 e. The molecule has 0 aromatic heterocycles. The Kier molecular flexibility index (Phi) is 1.24. The molecule has 1 unspecified atom stereocenters. The second-order valence-electron chi connectivity index (χ2n) is 2.65. The van der Waals surface area contributed by atoms with E-state index in [2.05, 4.69) is 5.32 Å². The van der Waals surface area contributed by atoms with Gasteiger partial charge in [-0.25, -0.2) is 0 Å². The zero-order valence-electron chi connectivity index (χ0n) is 5.71. The van der Waals surface area contributed by atoms with E-state index in [1.165, 1.54) is 0 Å². The van der Waals surface area contributed by atoms with E-state index < -0.39 is 0 Å². The van der Waals surface area contributed by atoms with Gasteiger partial charge in [0, 0.05) is 19.5 Å². The molecule has 10 heavy (non-hydrogen) atoms. The normalized spacial score (nSPS) is 31.0. The van der Waals surface area contributed by atoms with Crippen LogP contribution in [0.1, 0.15) is 6.42 Å². The molecule has 54 valence electrons. The Balaban J connectivity index is 2.19. The number of fused-ring (bicyclic) bond motifs is 1. The van der Waals surface area contributed by atoms with Crippen molar-refractivity contribution in [1.82, 2.24) is 10.2 Å². The Morgan fingerprint density at radius 2 is 2.60 bits per heavy atom. The van der Waals surface area contributed by atoms with E-state index >= 15 is 0 Å². The lowest BCUT2D eigenvalue weighted by molar-refractivity contribution is -0.120. The monoisotopic (exact) mass is 138 g/mol. The van der Waals surface area contributed by atoms with Crippen LogP contribution in [0.3, 0.4) is 0 Å². The summed E-state index contributed by atoms with van der Waals surface area (Å²) in [7, 11) is 0. The topological polar surface area (TPSA) is 32.3 Å². The SMILES string of the molecule is O=C1CCN2C=CCNC12. The molecule has 1 atom stereocenters. The van der Waals surface area contributed by atoms with Crippen LogP contribution in [0.5, 0.6) is 0 Å². The first-order valence-corrected chi connectivity index (χ1v) is 3.56. The largest absolute Gasteiger partial charge is 0.356 e. The van der Waals surface area contributed by atoms with Gasteiger partial charge in [-0.15, -0.1) is 0 Å². The fourth-order valence-corrected chi connectivity index (χ4v) is 1.45. The molecule has 0 aliphatic carbocycles. The highest BCUT2D eigenvalue weighted by atomic mass is 16.1. The summed E-state index contributed by atoms with van der Waals surface area (Å²) in [4.78, 5) is 13.1. The van der Waals surface area contributed by atoms with Crippen LogP contribution < -0.4 is 5.32 Å². The molecule has 0 aromatic rings. The first-order valence-electron chi connectivity index (χ1n) is 3.56. The molecule has 2 heterocycles. The fraction of sp³-hybridized carbons (Fsp3) is 0.571. The Morgan fingerprint density at radius 3 is 3.40 bits per heavy atom. The van der Waals surface area contributed by atoms with Crippen LogP contribution in [0.25, 0.3) is 0 Å². The van der Waals surface area contributed by atoms with Crippen molar-refractivity contribution >= 4 is 5.78 Å². The zero-order valence-corrected chi connectivity index (χ0v) is 5.71. The smallest absolute Gasteiger partial charge is 0.171 e. The summed E-state index contributed by atoms with van der Waals surface area (Å²) < 4.78 is 0. The lowest BCUT2D eigenvalue weighted by Crippen LogP contribution is -2.45. The summed E-state index contributed by atoms with van der Waals surface area (Å²) in [6.07, 6.45) is 4.73. The van der Waals surface area contributed by atoms with Gasteiger partial charge in [-0.1, -0.05) is 6.08 Å². The molecule has 1 fully saturated rings. The van der Waals surface area contributed by atoms with Crippen molar-refractivity contribution in [3.05, 3.63) is 12.3 Å². The van der Waals surface area contributed by atoms with Gasteiger partial charge < -0.3 is 4.90 Å². The van der Waals surface area contributed by atoms with E-state index in [9.17, 15) is 4.79 Å². The van der Waals surface area contributed by atoms with E-state index in [0.717, 1.165) is 13.1 Å². The van der Waals surface area contributed by atoms with Crippen molar-refractivity contribution in [3.8, 4) is 0 Å². The predicted molar refractivity (Wildman–Crippen MR) is 37.3 cm³/mol. The van der Waals surface area contributed by atoms with Crippen molar-refractivity contribution in [2.45, 2.75) is 12.6 Å². The van der Waals surface area contributed by atoms with E-state index in [0.29, 0.717) is 12.2 Å². The third kappa shape index (κ3) is 0.743. The quantitative estimate of drug-likeness (QED) is 0.499. The summed E-state index contributed by atoms with van der Waals surface area (Å²) in [6, 6.07) is 0. The van der Waals surface area contributed by atoms with Crippen LogP contribution in [0.2, 0.25) is 0 Å². The van der Waals surface area contributed by atoms with Gasteiger partial charge in [0.05, 0.1) is 0 Å². The summed E-state index contributed by atoms with van der Waals surface area (Å²) in [6.45, 7) is 1.71. The van der Waals surface area contributed by atoms with Gasteiger partial charge >= 0.3 is 0 Å². The molecule has 2 aliphatic rings. The molecule has 0 aromatic carbocycles. The standard InChI is InChI=1S/C7H10N2O/c10-6-2-5-9-4-1-3-8-7(6)9/h1,4,7-8H,2-3,5H2. The van der Waals surface area contributed by atoms with E-state index in [1.807, 2.05) is 17.2 Å². The lowest BCUT2D eigenvalue weighted by atomic mass is 10.3. The van der Waals surface area contributed by atoms with Gasteiger partial charge in [0.25, 0.3) is 0 Å². The highest BCUT2D eigenvalue weighted by Gasteiger charge is 2.30. The van der Waals surface area contributed by atoms with E-state index in [1.54, 1.807) is 0 Å². The van der Waals surface area contributed by atoms with Crippen LogP contribution in [0.4, 0.5) is 0 Å². The average Bonchev–Trinajstić information content (AvgIpc) is 2.34. The average molecular weight is 138 g/mol. The van der Waals surface area contributed by atoms with E-state index in [4.69, 9.17) is 0 Å². The van der Waals surface area contributed by atoms with Gasteiger partial charge in [0.15, 0.2) is 5.78 Å². The minimum absolute atomic E-state index is 0.00926. The maximum absolute atomic E-state index is 11.1. The van der Waals surface area contributed by atoms with E-state index in [-0.39, 0.29) is 6.17 Å². The van der Waals surface area contributed by atoms with Gasteiger partial charge in [-0.3, -0.25) is 10.1 Å². The minimum atomic E-state index is -0.00926. The van der Waals surface area contributed by atoms with Gasteiger partial charge in [-0.2, -0.15) is 0 Å². The number of hydrogen-bond acceptors (Lipinski definition) is 3. The number of rotatable bonds is 0. The Hall–Kier alpha value is -0.830. The Labute approximate surface area is 59.7 Å². The van der Waals surface area contributed by atoms with Gasteiger partial charge in [0.1, 0.15) is 6.17 Å². The van der Waals surface area contributed by atoms with Crippen LogP contribution in [-0.4, -0.2) is 29.9 Å². The fourth-order valence-electron chi connectivity index (χ4n) is 1.45. The molecule has 2 aliphatic heterocycles. The van der Waals surface area contributed by atoms with Crippen molar-refractivity contribution < 1.29 is 4.79 Å². The number of nitrogens with zero attached hydrogens (tertiary/aromatic N) is 1. The molecular formula is C7H10N2O. The highest BCUT2D eigenvalue weighted by molar-refractivity contribution is 5.86. The Morgan fingerprint density at radius 1 is 1.70 bits per heavy atom. The summed E-state index contributed by atoms with van der Waals surface area (Å²) in [5.74, 6) is 0.323. The summed E-state index contributed by atoms with van der Waals surface area (Å²) >= 11 is 0. The zero-order chi connectivity index (χ0) is 6.97. The van der Waals surface area contributed by atoms with Crippen molar-refractivity contribution in [2.24, 2.45) is 0 Å². The molecule has 3 heteroatoms. The van der Waals surface area contributed by atoms with Crippen molar-refractivity contribution in [1.29, 1.82) is 0 Å². The van der Waals surface area contributed by atoms with Crippen molar-refractivity contribution in [2.75, 3.05) is 13.1 Å². The number of nitrogens with one attached hydrogen (secondary N) is 1. The lowest BCUT2D eigenvalue weighted by Gasteiger charge is -2.25. The van der Waals surface area contributed by atoms with Crippen LogP contribution in [-0.2, 0) is 4.79 Å². The predicted octanol–water partition coefficient (Wildman–Crippen LogP) is -0.296. The molecule has 2 rings (SSSR count). The summed E-state index contributed by atoms with van der Waals surface area (Å²) in [5, 5.41) is 3.12. The Bertz CT molecular complexity index is 188. The maximum atomic E-state index is 11.1. The number of carbonyl (C=O) groups excluding carboxylic acids is 1. The maximum Gasteiger partial charge on any atom is 0.171 e. The third-order valence-electron chi connectivity index (χ3n) is 1.98.